The summed E-state index contributed by atoms with van der Waals surface area (Å²) in [5, 5.41) is 0. The van der Waals surface area contributed by atoms with Gasteiger partial charge in [0.05, 0.1) is 0 Å². The van der Waals surface area contributed by atoms with Gasteiger partial charge in [0, 0.05) is 0 Å². The van der Waals surface area contributed by atoms with E-state index < -0.39 is 0 Å². The van der Waals surface area contributed by atoms with Crippen molar-refractivity contribution in [2.75, 3.05) is 0 Å². The van der Waals surface area contributed by atoms with Gasteiger partial charge in [-0.25, -0.2) is 0 Å². The third-order valence-corrected chi connectivity index (χ3v) is 0. The van der Waals surface area contributed by atoms with Gasteiger partial charge in [-0.15, -0.1) is 0 Å². The molecule has 0 aromatic rings. The summed E-state index contributed by atoms with van der Waals surface area (Å²) in [6, 6.07) is 0. The van der Waals surface area contributed by atoms with Gasteiger partial charge >= 0.3 is 49.5 Å². The van der Waals surface area contributed by atoms with Crippen molar-refractivity contribution in [2.45, 2.75) is 0 Å². The molecule has 0 bridgehead atoms. The van der Waals surface area contributed by atoms with E-state index in [1.54, 1.807) is 0 Å². The van der Waals surface area contributed by atoms with Gasteiger partial charge in [-0.1, -0.05) is 0 Å². The summed E-state index contributed by atoms with van der Waals surface area (Å²) in [5.74, 6) is 0. The molecule has 0 aliphatic heterocycles. The Kier molecular flexibility index (Phi) is 72.2. The first-order valence-corrected chi connectivity index (χ1v) is 2.82. The van der Waals surface area contributed by atoms with Gasteiger partial charge in [-0.2, -0.15) is 0 Å². The van der Waals surface area contributed by atoms with Crippen molar-refractivity contribution in [3.05, 3.63) is 0 Å². The molecule has 4 heteroatoms. The third kappa shape index (κ3) is 11.3. The summed E-state index contributed by atoms with van der Waals surface area (Å²) in [6.45, 7) is 0. The Bertz CT molecular complexity index is 8.00. The molecule has 0 aliphatic rings. The molecule has 0 rings (SSSR count). The van der Waals surface area contributed by atoms with Crippen molar-refractivity contribution >= 4 is 25.8 Å². The van der Waals surface area contributed by atoms with E-state index in [-0.39, 0.29) is 25.8 Å². The van der Waals surface area contributed by atoms with Gasteiger partial charge in [0.15, 0.2) is 0 Å². The Labute approximate surface area is 49.3 Å². The molecular weight excluding hydrogens is 287 g/mol. The van der Waals surface area contributed by atoms with Gasteiger partial charge in [0.1, 0.15) is 0 Å². The predicted molar refractivity (Wildman–Crippen MR) is 7.13 cm³/mol. The van der Waals surface area contributed by atoms with E-state index in [4.69, 9.17) is 6.36 Å². The Balaban J connectivity index is 0. The van der Waals surface area contributed by atoms with Gasteiger partial charge in [-0.3, -0.25) is 0 Å². The fourth-order valence-electron chi connectivity index (χ4n) is 0. The SMILES string of the molecule is [O]=[Tl].[O]=[V]. The third-order valence-electron chi connectivity index (χ3n) is 0. The first-order valence-electron chi connectivity index (χ1n) is 0.418. The maximum absolute atomic E-state index is 8.42. The topological polar surface area (TPSA) is 34.1 Å². The summed E-state index contributed by atoms with van der Waals surface area (Å²) < 4.78 is 16.6. The van der Waals surface area contributed by atoms with Crippen LogP contribution in [0.25, 0.3) is 0 Å². The molecule has 0 saturated heterocycles. The van der Waals surface area contributed by atoms with E-state index in [9.17, 15) is 0 Å². The van der Waals surface area contributed by atoms with Crippen LogP contribution >= 0.6 is 0 Å². The van der Waals surface area contributed by atoms with Crippen LogP contribution in [0.15, 0.2) is 0 Å². The average Bonchev–Trinajstić information content (AvgIpc) is 1.50. The van der Waals surface area contributed by atoms with Gasteiger partial charge in [0.2, 0.25) is 0 Å². The monoisotopic (exact) mass is 288 g/mol. The van der Waals surface area contributed by atoms with E-state index in [0.29, 0.717) is 0 Å². The van der Waals surface area contributed by atoms with Crippen LogP contribution in [0.3, 0.4) is 0 Å². The fraction of sp³-hybridized carbons (Fsp3) is 0. The number of rotatable bonds is 0. The van der Waals surface area contributed by atoms with E-state index >= 15 is 0 Å². The van der Waals surface area contributed by atoms with Crippen molar-refractivity contribution in [2.24, 2.45) is 0 Å². The average molecular weight is 287 g/mol. The van der Waals surface area contributed by atoms with Crippen molar-refractivity contribution in [3.63, 3.8) is 0 Å². The minimum absolute atomic E-state index is 0.0833. The molecule has 2 nitrogen and oxygen atoms in total. The molecule has 0 aromatic heterocycles. The summed E-state index contributed by atoms with van der Waals surface area (Å²) in [4.78, 5) is 0. The zero-order valence-electron chi connectivity index (χ0n) is 1.84. The zero-order valence-corrected chi connectivity index (χ0v) is 7.73. The normalized spacial score (nSPS) is 2.25. The number of hydrogen-bond donors (Lipinski definition) is 0. The summed E-state index contributed by atoms with van der Waals surface area (Å²) >= 11 is 0.979. The summed E-state index contributed by atoms with van der Waals surface area (Å²) in [6.07, 6.45) is 0. The molecule has 0 amide bonds. The minimum atomic E-state index is -0.0833. The Morgan fingerprint density at radius 3 is 1.25 bits per heavy atom. The van der Waals surface area contributed by atoms with Crippen LogP contribution in [0.1, 0.15) is 0 Å². The van der Waals surface area contributed by atoms with Crippen LogP contribution in [-0.4, -0.2) is 25.8 Å². The molecule has 0 spiro atoms. The molecule has 4 heavy (non-hydrogen) atoms. The van der Waals surface area contributed by atoms with Gasteiger partial charge < -0.3 is 0 Å². The molecule has 0 aliphatic carbocycles. The Hall–Kier alpha value is 1.11. The maximum atomic E-state index is 8.42. The van der Waals surface area contributed by atoms with Crippen molar-refractivity contribution in [3.8, 4) is 0 Å². The Morgan fingerprint density at radius 1 is 1.25 bits per heavy atom. The molecule has 0 N–H and O–H groups in total. The first-order chi connectivity index (χ1) is 2.00. The summed E-state index contributed by atoms with van der Waals surface area (Å²) in [5.41, 5.74) is 0. The van der Waals surface area contributed by atoms with Gasteiger partial charge in [0.25, 0.3) is 0 Å². The van der Waals surface area contributed by atoms with Crippen LogP contribution in [0, 0.1) is 0 Å². The van der Waals surface area contributed by atoms with Crippen LogP contribution in [0.5, 0.6) is 0 Å². The van der Waals surface area contributed by atoms with E-state index in [1.165, 1.54) is 0 Å². The Morgan fingerprint density at radius 2 is 1.25 bits per heavy atom. The molecule has 0 atom stereocenters. The number of hydrogen-bond acceptors (Lipinski definition) is 2. The standard InChI is InChI=1S/2O.Tl.V. The predicted octanol–water partition coefficient (Wildman–Crippen LogP) is -0.621. The second-order valence-electron chi connectivity index (χ2n) is 0. The van der Waals surface area contributed by atoms with Crippen LogP contribution in [0.2, 0.25) is 0 Å². The van der Waals surface area contributed by atoms with Crippen molar-refractivity contribution in [1.82, 2.24) is 0 Å². The van der Waals surface area contributed by atoms with Gasteiger partial charge in [-0.05, 0) is 0 Å². The molecule has 20 valence electrons. The molecule has 0 radical (unpaired) electrons. The van der Waals surface area contributed by atoms with Crippen LogP contribution in [0.4, 0.5) is 0 Å². The van der Waals surface area contributed by atoms with Crippen molar-refractivity contribution in [1.29, 1.82) is 0 Å². The summed E-state index contributed by atoms with van der Waals surface area (Å²) in [7, 11) is 0. The first kappa shape index (κ1) is 8.92. The van der Waals surface area contributed by atoms with Crippen LogP contribution in [-0.2, 0) is 23.7 Å². The quantitative estimate of drug-likeness (QED) is 0.557. The second-order valence-corrected chi connectivity index (χ2v) is 0. The molecular formula is O2TlV. The molecule has 0 heterocycles. The molecule has 0 saturated carbocycles. The molecule has 0 fully saturated rings. The molecule has 0 unspecified atom stereocenters. The van der Waals surface area contributed by atoms with E-state index in [1.807, 2.05) is 0 Å². The van der Waals surface area contributed by atoms with Crippen LogP contribution < -0.4 is 0 Å². The second kappa shape index (κ2) is 32.4. The molecule has 0 aromatic carbocycles. The van der Waals surface area contributed by atoms with E-state index in [0.717, 1.165) is 17.4 Å². The van der Waals surface area contributed by atoms with Crippen molar-refractivity contribution < 1.29 is 23.7 Å². The fourth-order valence-corrected chi connectivity index (χ4v) is 0. The zero-order chi connectivity index (χ0) is 4.00. The van der Waals surface area contributed by atoms with E-state index in [2.05, 4.69) is 0 Å².